The van der Waals surface area contributed by atoms with Gasteiger partial charge in [0.25, 0.3) is 5.56 Å². The number of H-pyrrole nitrogens is 1. The number of rotatable bonds is 4. The predicted octanol–water partition coefficient (Wildman–Crippen LogP) is 4.86. The fourth-order valence-electron chi connectivity index (χ4n) is 4.67. The molecule has 3 aromatic carbocycles. The number of benzene rings is 3. The van der Waals surface area contributed by atoms with Crippen molar-refractivity contribution in [3.63, 3.8) is 0 Å². The van der Waals surface area contributed by atoms with E-state index in [4.69, 9.17) is 4.98 Å². The van der Waals surface area contributed by atoms with E-state index < -0.39 is 0 Å². The van der Waals surface area contributed by atoms with E-state index in [0.717, 1.165) is 34.3 Å². The summed E-state index contributed by atoms with van der Waals surface area (Å²) >= 11 is 1.31. The predicted molar refractivity (Wildman–Crippen MR) is 137 cm³/mol. The topological polar surface area (TPSA) is 71.0 Å². The van der Waals surface area contributed by atoms with Gasteiger partial charge in [0.05, 0.1) is 11.4 Å². The summed E-state index contributed by atoms with van der Waals surface area (Å²) in [7, 11) is 0. The average Bonchev–Trinajstić information content (AvgIpc) is 3.45. The lowest BCUT2D eigenvalue weighted by atomic mass is 10.2. The van der Waals surface area contributed by atoms with E-state index in [1.54, 1.807) is 4.57 Å². The van der Waals surface area contributed by atoms with Crippen LogP contribution in [0.2, 0.25) is 0 Å². The van der Waals surface area contributed by atoms with Crippen molar-refractivity contribution >= 4 is 45.3 Å². The van der Waals surface area contributed by atoms with E-state index in [0.29, 0.717) is 22.7 Å². The number of fused-ring (bicyclic) bond motifs is 4. The highest BCUT2D eigenvalue weighted by molar-refractivity contribution is 7.99. The van der Waals surface area contributed by atoms with Gasteiger partial charge in [-0.15, -0.1) is 0 Å². The molecule has 168 valence electrons. The molecule has 1 amide bonds. The molecule has 1 aliphatic rings. The van der Waals surface area contributed by atoms with Crippen LogP contribution in [0.15, 0.2) is 82.7 Å². The van der Waals surface area contributed by atoms with Crippen molar-refractivity contribution in [3.05, 3.63) is 94.3 Å². The molecule has 0 bridgehead atoms. The van der Waals surface area contributed by atoms with Crippen molar-refractivity contribution in [1.29, 1.82) is 0 Å². The van der Waals surface area contributed by atoms with Crippen molar-refractivity contribution in [2.75, 3.05) is 17.2 Å². The zero-order valence-corrected chi connectivity index (χ0v) is 19.4. The molecule has 0 fully saturated rings. The Morgan fingerprint density at radius 2 is 1.74 bits per heavy atom. The Morgan fingerprint density at radius 3 is 2.59 bits per heavy atom. The highest BCUT2D eigenvalue weighted by atomic mass is 32.2. The van der Waals surface area contributed by atoms with Gasteiger partial charge in [-0.05, 0) is 42.7 Å². The van der Waals surface area contributed by atoms with Crippen molar-refractivity contribution < 1.29 is 4.79 Å². The SMILES string of the molecule is Cc1ccccc1-n1c(SCC(=O)N2CCc3ccccc32)nc2c([nH]c3ccccc32)c1=O. The number of amides is 1. The van der Waals surface area contributed by atoms with E-state index in [2.05, 4.69) is 11.1 Å². The molecular weight excluding hydrogens is 444 g/mol. The molecule has 7 heteroatoms. The lowest BCUT2D eigenvalue weighted by Crippen LogP contribution is -2.31. The third-order valence-electron chi connectivity index (χ3n) is 6.36. The van der Waals surface area contributed by atoms with E-state index in [1.165, 1.54) is 17.3 Å². The minimum atomic E-state index is -0.169. The minimum Gasteiger partial charge on any atom is -0.349 e. The summed E-state index contributed by atoms with van der Waals surface area (Å²) in [6, 6.07) is 23.5. The molecule has 6 nitrogen and oxygen atoms in total. The number of aryl methyl sites for hydroxylation is 1. The van der Waals surface area contributed by atoms with Gasteiger partial charge in [-0.1, -0.05) is 66.4 Å². The monoisotopic (exact) mass is 466 g/mol. The van der Waals surface area contributed by atoms with Crippen LogP contribution in [-0.4, -0.2) is 32.7 Å². The van der Waals surface area contributed by atoms with Gasteiger partial charge >= 0.3 is 0 Å². The number of aromatic nitrogens is 3. The first-order chi connectivity index (χ1) is 16.6. The molecule has 0 unspecified atom stereocenters. The summed E-state index contributed by atoms with van der Waals surface area (Å²) in [6.45, 7) is 2.65. The summed E-state index contributed by atoms with van der Waals surface area (Å²) in [5.41, 5.74) is 5.69. The molecule has 3 heterocycles. The zero-order valence-electron chi connectivity index (χ0n) is 18.6. The Morgan fingerprint density at radius 1 is 1.00 bits per heavy atom. The van der Waals surface area contributed by atoms with Gasteiger partial charge in [0.1, 0.15) is 11.0 Å². The first kappa shape index (κ1) is 20.7. The fraction of sp³-hybridized carbons (Fsp3) is 0.148. The standard InChI is InChI=1S/C27H22N4O2S/c1-17-8-2-6-12-21(17)31-26(33)25-24(19-10-4-5-11-20(19)28-25)29-27(31)34-16-23(32)30-15-14-18-9-3-7-13-22(18)30/h2-13,28H,14-16H2,1H3. The second-order valence-electron chi connectivity index (χ2n) is 8.43. The molecule has 5 aromatic rings. The molecule has 0 atom stereocenters. The van der Waals surface area contributed by atoms with Crippen LogP contribution in [-0.2, 0) is 11.2 Å². The zero-order chi connectivity index (χ0) is 23.2. The highest BCUT2D eigenvalue weighted by Crippen LogP contribution is 2.30. The normalized spacial score (nSPS) is 13.0. The van der Waals surface area contributed by atoms with Crippen LogP contribution >= 0.6 is 11.8 Å². The second-order valence-corrected chi connectivity index (χ2v) is 9.37. The number of thioether (sulfide) groups is 1. The van der Waals surface area contributed by atoms with Gasteiger partial charge in [-0.3, -0.25) is 14.2 Å². The summed E-state index contributed by atoms with van der Waals surface area (Å²) < 4.78 is 1.63. The molecule has 0 aliphatic carbocycles. The molecule has 2 aromatic heterocycles. The molecule has 0 saturated carbocycles. The smallest absolute Gasteiger partial charge is 0.283 e. The largest absolute Gasteiger partial charge is 0.349 e. The Labute approximate surface area is 200 Å². The van der Waals surface area contributed by atoms with Crippen LogP contribution in [0, 0.1) is 6.92 Å². The van der Waals surface area contributed by atoms with Gasteiger partial charge in [-0.2, -0.15) is 0 Å². The number of nitrogens with zero attached hydrogens (tertiary/aromatic N) is 3. The molecule has 1 aliphatic heterocycles. The maximum atomic E-state index is 13.7. The Bertz CT molecular complexity index is 1640. The number of para-hydroxylation sites is 3. The lowest BCUT2D eigenvalue weighted by molar-refractivity contribution is -0.116. The van der Waals surface area contributed by atoms with Gasteiger partial charge in [0.15, 0.2) is 5.16 Å². The number of hydrogen-bond donors (Lipinski definition) is 1. The maximum absolute atomic E-state index is 13.7. The molecular formula is C27H22N4O2S. The van der Waals surface area contributed by atoms with Gasteiger partial charge < -0.3 is 9.88 Å². The van der Waals surface area contributed by atoms with Crippen molar-refractivity contribution in [2.24, 2.45) is 0 Å². The molecule has 0 saturated heterocycles. The van der Waals surface area contributed by atoms with Crippen LogP contribution in [0.25, 0.3) is 27.6 Å². The number of hydrogen-bond acceptors (Lipinski definition) is 4. The first-order valence-corrected chi connectivity index (χ1v) is 12.2. The lowest BCUT2D eigenvalue weighted by Gasteiger charge is -2.18. The Kier molecular flexibility index (Phi) is 4.99. The third-order valence-corrected chi connectivity index (χ3v) is 7.29. The van der Waals surface area contributed by atoms with Crippen molar-refractivity contribution in [3.8, 4) is 5.69 Å². The van der Waals surface area contributed by atoms with Gasteiger partial charge in [0, 0.05) is 23.1 Å². The van der Waals surface area contributed by atoms with Crippen LogP contribution in [0.4, 0.5) is 5.69 Å². The van der Waals surface area contributed by atoms with Gasteiger partial charge in [-0.25, -0.2) is 4.98 Å². The second kappa shape index (κ2) is 8.18. The minimum absolute atomic E-state index is 0.0135. The third kappa shape index (κ3) is 3.31. The Hall–Kier alpha value is -3.84. The van der Waals surface area contributed by atoms with Crippen LogP contribution < -0.4 is 10.5 Å². The van der Waals surface area contributed by atoms with Crippen molar-refractivity contribution in [1.82, 2.24) is 14.5 Å². The van der Waals surface area contributed by atoms with E-state index >= 15 is 0 Å². The average molecular weight is 467 g/mol. The fourth-order valence-corrected chi connectivity index (χ4v) is 5.54. The maximum Gasteiger partial charge on any atom is 0.283 e. The quantitative estimate of drug-likeness (QED) is 0.303. The number of anilines is 1. The number of carbonyl (C=O) groups is 1. The molecule has 34 heavy (non-hydrogen) atoms. The van der Waals surface area contributed by atoms with Crippen molar-refractivity contribution in [2.45, 2.75) is 18.5 Å². The molecule has 6 rings (SSSR count). The van der Waals surface area contributed by atoms with Crippen LogP contribution in [0.3, 0.4) is 0 Å². The molecule has 0 spiro atoms. The first-order valence-electron chi connectivity index (χ1n) is 11.2. The Balaban J connectivity index is 1.45. The van der Waals surface area contributed by atoms with Gasteiger partial charge in [0.2, 0.25) is 5.91 Å². The number of aromatic amines is 1. The summed E-state index contributed by atoms with van der Waals surface area (Å²) in [5.74, 6) is 0.208. The summed E-state index contributed by atoms with van der Waals surface area (Å²) in [5, 5.41) is 1.41. The molecule has 1 N–H and O–H groups in total. The van der Waals surface area contributed by atoms with E-state index in [1.807, 2.05) is 78.6 Å². The van der Waals surface area contributed by atoms with E-state index in [9.17, 15) is 9.59 Å². The molecule has 0 radical (unpaired) electrons. The summed E-state index contributed by atoms with van der Waals surface area (Å²) in [6.07, 6.45) is 0.861. The van der Waals surface area contributed by atoms with Crippen LogP contribution in [0.1, 0.15) is 11.1 Å². The number of carbonyl (C=O) groups excluding carboxylic acids is 1. The van der Waals surface area contributed by atoms with E-state index in [-0.39, 0.29) is 17.2 Å². The summed E-state index contributed by atoms with van der Waals surface area (Å²) in [4.78, 5) is 36.9. The number of nitrogens with one attached hydrogen (secondary N) is 1. The highest BCUT2D eigenvalue weighted by Gasteiger charge is 2.25. The van der Waals surface area contributed by atoms with Crippen LogP contribution in [0.5, 0.6) is 0 Å².